The van der Waals surface area contributed by atoms with Crippen molar-refractivity contribution in [1.29, 1.82) is 5.26 Å². The highest BCUT2D eigenvalue weighted by molar-refractivity contribution is 6.30. The number of benzene rings is 2. The van der Waals surface area contributed by atoms with Crippen molar-refractivity contribution in [2.45, 2.75) is 18.8 Å². The molecular weight excluding hydrogens is 422 g/mol. The molecule has 2 aromatic heterocycles. The van der Waals surface area contributed by atoms with E-state index in [4.69, 9.17) is 16.7 Å². The molecule has 0 aliphatic carbocycles. The molecule has 0 amide bonds. The molecule has 1 aliphatic heterocycles. The number of halogens is 1. The highest BCUT2D eigenvalue weighted by Gasteiger charge is 2.27. The van der Waals surface area contributed by atoms with E-state index in [1.165, 1.54) is 0 Å². The number of hydrogen-bond acceptors (Lipinski definition) is 4. The molecule has 32 heavy (non-hydrogen) atoms. The molecule has 1 fully saturated rings. The zero-order valence-electron chi connectivity index (χ0n) is 17.7. The second-order valence-electron chi connectivity index (χ2n) is 8.14. The van der Waals surface area contributed by atoms with Gasteiger partial charge in [-0.15, -0.1) is 0 Å². The molecule has 0 bridgehead atoms. The lowest BCUT2D eigenvalue weighted by atomic mass is 9.92. The normalized spacial score (nSPS) is 14.6. The van der Waals surface area contributed by atoms with Crippen LogP contribution in [0.15, 0.2) is 65.6 Å². The molecule has 1 aliphatic rings. The Morgan fingerprint density at radius 1 is 1.06 bits per heavy atom. The van der Waals surface area contributed by atoms with E-state index in [1.54, 1.807) is 11.6 Å². The standard InChI is InChI=1S/C25H22ClN5O/c1-29-23-5-3-2-4-20(23)24(21(16-27)25(29)32)30-13-10-17(11-14-30)22-12-15-31(28-22)19-8-6-18(26)7-9-19/h2-9,12,15,17H,10-11,13-14H2,1H3. The molecule has 3 heterocycles. The molecule has 0 radical (unpaired) electrons. The maximum absolute atomic E-state index is 12.8. The average molecular weight is 444 g/mol. The SMILES string of the molecule is Cn1c(=O)c(C#N)c(N2CCC(c3ccn(-c4ccc(Cl)cc4)n3)CC2)c2ccccc21. The van der Waals surface area contributed by atoms with E-state index in [1.807, 2.05) is 59.4 Å². The number of rotatable bonds is 3. The number of para-hydroxylation sites is 1. The predicted molar refractivity (Wildman–Crippen MR) is 127 cm³/mol. The van der Waals surface area contributed by atoms with Gasteiger partial charge in [0, 0.05) is 42.7 Å². The van der Waals surface area contributed by atoms with E-state index in [2.05, 4.69) is 17.0 Å². The van der Waals surface area contributed by atoms with E-state index in [0.717, 1.165) is 53.9 Å². The first-order valence-corrected chi connectivity index (χ1v) is 11.0. The van der Waals surface area contributed by atoms with Crippen molar-refractivity contribution in [3.8, 4) is 11.8 Å². The van der Waals surface area contributed by atoms with Crippen molar-refractivity contribution in [3.63, 3.8) is 0 Å². The van der Waals surface area contributed by atoms with Gasteiger partial charge in [0.1, 0.15) is 11.6 Å². The van der Waals surface area contributed by atoms with Gasteiger partial charge >= 0.3 is 0 Å². The lowest BCUT2D eigenvalue weighted by Crippen LogP contribution is -2.35. The van der Waals surface area contributed by atoms with Gasteiger partial charge in [0.2, 0.25) is 0 Å². The Morgan fingerprint density at radius 3 is 2.50 bits per heavy atom. The lowest BCUT2D eigenvalue weighted by Gasteiger charge is -2.34. The third-order valence-electron chi connectivity index (χ3n) is 6.32. The zero-order chi connectivity index (χ0) is 22.2. The predicted octanol–water partition coefficient (Wildman–Crippen LogP) is 4.63. The molecule has 2 aromatic carbocycles. The Balaban J connectivity index is 1.41. The van der Waals surface area contributed by atoms with Crippen LogP contribution in [0.1, 0.15) is 30.0 Å². The maximum Gasteiger partial charge on any atom is 0.270 e. The Kier molecular flexibility index (Phi) is 5.20. The van der Waals surface area contributed by atoms with Crippen LogP contribution in [-0.2, 0) is 7.05 Å². The lowest BCUT2D eigenvalue weighted by molar-refractivity contribution is 0.493. The molecule has 0 atom stereocenters. The summed E-state index contributed by atoms with van der Waals surface area (Å²) in [6.07, 6.45) is 3.80. The van der Waals surface area contributed by atoms with Crippen LogP contribution in [-0.4, -0.2) is 27.4 Å². The van der Waals surface area contributed by atoms with Crippen LogP contribution in [0, 0.1) is 11.3 Å². The van der Waals surface area contributed by atoms with Crippen molar-refractivity contribution in [2.24, 2.45) is 7.05 Å². The van der Waals surface area contributed by atoms with Gasteiger partial charge in [0.15, 0.2) is 0 Å². The van der Waals surface area contributed by atoms with E-state index >= 15 is 0 Å². The fourth-order valence-electron chi connectivity index (χ4n) is 4.60. The number of aromatic nitrogens is 3. The van der Waals surface area contributed by atoms with E-state index in [0.29, 0.717) is 10.9 Å². The Bertz CT molecular complexity index is 1390. The summed E-state index contributed by atoms with van der Waals surface area (Å²) < 4.78 is 3.44. The van der Waals surface area contributed by atoms with Gasteiger partial charge in [0.25, 0.3) is 5.56 Å². The number of fused-ring (bicyclic) bond motifs is 1. The maximum atomic E-state index is 12.8. The van der Waals surface area contributed by atoms with Crippen LogP contribution in [0.3, 0.4) is 0 Å². The summed E-state index contributed by atoms with van der Waals surface area (Å²) in [6, 6.07) is 19.6. The molecular formula is C25H22ClN5O. The third-order valence-corrected chi connectivity index (χ3v) is 6.57. The molecule has 7 heteroatoms. The van der Waals surface area contributed by atoms with Crippen molar-refractivity contribution < 1.29 is 0 Å². The molecule has 5 rings (SSSR count). The molecule has 0 unspecified atom stereocenters. The van der Waals surface area contributed by atoms with Crippen molar-refractivity contribution in [2.75, 3.05) is 18.0 Å². The number of nitrogens with zero attached hydrogens (tertiary/aromatic N) is 5. The summed E-state index contributed by atoms with van der Waals surface area (Å²) in [5, 5.41) is 16.2. The number of pyridine rings is 1. The number of hydrogen-bond donors (Lipinski definition) is 0. The first-order valence-electron chi connectivity index (χ1n) is 10.6. The van der Waals surface area contributed by atoms with Crippen molar-refractivity contribution in [3.05, 3.63) is 87.4 Å². The van der Waals surface area contributed by atoms with Crippen LogP contribution < -0.4 is 10.5 Å². The molecule has 4 aromatic rings. The second-order valence-corrected chi connectivity index (χ2v) is 8.58. The van der Waals surface area contributed by atoms with E-state index in [-0.39, 0.29) is 11.1 Å². The van der Waals surface area contributed by atoms with Crippen LogP contribution in [0.5, 0.6) is 0 Å². The quantitative estimate of drug-likeness (QED) is 0.463. The fraction of sp³-hybridized carbons (Fsp3) is 0.240. The highest BCUT2D eigenvalue weighted by atomic mass is 35.5. The summed E-state index contributed by atoms with van der Waals surface area (Å²) in [5.74, 6) is 0.336. The monoisotopic (exact) mass is 443 g/mol. The second kappa shape index (κ2) is 8.18. The minimum atomic E-state index is -0.245. The molecule has 160 valence electrons. The summed E-state index contributed by atoms with van der Waals surface area (Å²) in [6.45, 7) is 1.54. The minimum absolute atomic E-state index is 0.219. The summed E-state index contributed by atoms with van der Waals surface area (Å²) >= 11 is 5.99. The van der Waals surface area contributed by atoms with Gasteiger partial charge in [-0.25, -0.2) is 4.68 Å². The van der Waals surface area contributed by atoms with Crippen LogP contribution in [0.4, 0.5) is 5.69 Å². The van der Waals surface area contributed by atoms with Gasteiger partial charge in [0.05, 0.1) is 22.6 Å². The van der Waals surface area contributed by atoms with E-state index < -0.39 is 0 Å². The van der Waals surface area contributed by atoms with Gasteiger partial charge < -0.3 is 9.47 Å². The molecule has 0 N–H and O–H groups in total. The van der Waals surface area contributed by atoms with Gasteiger partial charge in [-0.2, -0.15) is 10.4 Å². The zero-order valence-corrected chi connectivity index (χ0v) is 18.5. The largest absolute Gasteiger partial charge is 0.370 e. The number of aryl methyl sites for hydroxylation is 1. The third kappa shape index (κ3) is 3.45. The first kappa shape index (κ1) is 20.3. The van der Waals surface area contributed by atoms with Crippen LogP contribution >= 0.6 is 11.6 Å². The average Bonchev–Trinajstić information content (AvgIpc) is 3.32. The number of nitriles is 1. The first-order chi connectivity index (χ1) is 15.6. The van der Waals surface area contributed by atoms with Gasteiger partial charge in [-0.05, 0) is 49.2 Å². The van der Waals surface area contributed by atoms with Crippen LogP contribution in [0.2, 0.25) is 5.02 Å². The smallest absolute Gasteiger partial charge is 0.270 e. The van der Waals surface area contributed by atoms with Gasteiger partial charge in [-0.3, -0.25) is 4.79 Å². The van der Waals surface area contributed by atoms with E-state index in [9.17, 15) is 10.1 Å². The number of anilines is 1. The molecule has 0 spiro atoms. The van der Waals surface area contributed by atoms with Gasteiger partial charge in [-0.1, -0.05) is 29.8 Å². The summed E-state index contributed by atoms with van der Waals surface area (Å²) in [4.78, 5) is 15.0. The topological polar surface area (TPSA) is 66.8 Å². The Hall–Kier alpha value is -3.56. The fourth-order valence-corrected chi connectivity index (χ4v) is 4.73. The van der Waals surface area contributed by atoms with Crippen molar-refractivity contribution >= 4 is 28.2 Å². The number of piperidine rings is 1. The highest BCUT2D eigenvalue weighted by Crippen LogP contribution is 2.34. The Labute approximate surface area is 190 Å². The van der Waals surface area contributed by atoms with Crippen LogP contribution in [0.25, 0.3) is 16.6 Å². The van der Waals surface area contributed by atoms with Crippen molar-refractivity contribution in [1.82, 2.24) is 14.3 Å². The molecule has 6 nitrogen and oxygen atoms in total. The summed E-state index contributed by atoms with van der Waals surface area (Å²) in [7, 11) is 1.72. The summed E-state index contributed by atoms with van der Waals surface area (Å²) in [5.41, 5.74) is 3.62. The molecule has 0 saturated carbocycles. The Morgan fingerprint density at radius 2 is 1.78 bits per heavy atom. The molecule has 1 saturated heterocycles. The minimum Gasteiger partial charge on any atom is -0.370 e.